The Hall–Kier alpha value is -1.80. The first-order chi connectivity index (χ1) is 7.67. The number of nitrogens with zero attached hydrogens (tertiary/aromatic N) is 1. The van der Waals surface area contributed by atoms with Gasteiger partial charge in [-0.1, -0.05) is 15.9 Å². The number of hydrogen-bond acceptors (Lipinski definition) is 3. The van der Waals surface area contributed by atoms with E-state index in [1.807, 2.05) is 12.1 Å². The fourth-order valence-corrected chi connectivity index (χ4v) is 2.05. The van der Waals surface area contributed by atoms with E-state index in [4.69, 9.17) is 5.26 Å². The van der Waals surface area contributed by atoms with Crippen molar-refractivity contribution in [1.29, 1.82) is 5.26 Å². The van der Waals surface area contributed by atoms with Crippen LogP contribution in [0.15, 0.2) is 22.8 Å². The molecule has 1 aromatic heterocycles. The number of methoxy groups -OCH3 is 1. The average Bonchev–Trinajstić information content (AvgIpc) is 2.69. The van der Waals surface area contributed by atoms with Gasteiger partial charge >= 0.3 is 5.97 Å². The fraction of sp³-hybridized carbons (Fsp3) is 0.0909. The van der Waals surface area contributed by atoms with Crippen molar-refractivity contribution in [2.45, 2.75) is 0 Å². The van der Waals surface area contributed by atoms with Crippen LogP contribution in [0.25, 0.3) is 10.9 Å². The summed E-state index contributed by atoms with van der Waals surface area (Å²) in [5.74, 6) is -0.456. The summed E-state index contributed by atoms with van der Waals surface area (Å²) in [6.07, 6.45) is 1.57. The van der Waals surface area contributed by atoms with E-state index in [1.165, 1.54) is 7.11 Å². The Kier molecular flexibility index (Phi) is 2.67. The summed E-state index contributed by atoms with van der Waals surface area (Å²) >= 11 is 3.30. The molecule has 0 atom stereocenters. The second-order valence-corrected chi connectivity index (χ2v) is 4.10. The lowest BCUT2D eigenvalue weighted by Crippen LogP contribution is -2.02. The van der Waals surface area contributed by atoms with E-state index in [0.29, 0.717) is 16.5 Å². The van der Waals surface area contributed by atoms with Crippen LogP contribution in [0.3, 0.4) is 0 Å². The molecular weight excluding hydrogens is 272 g/mol. The van der Waals surface area contributed by atoms with Gasteiger partial charge in [0.25, 0.3) is 0 Å². The number of carbonyl (C=O) groups is 1. The van der Waals surface area contributed by atoms with E-state index in [1.54, 1.807) is 12.3 Å². The number of rotatable bonds is 1. The van der Waals surface area contributed by atoms with Crippen LogP contribution in [0.4, 0.5) is 0 Å². The smallest absolute Gasteiger partial charge is 0.338 e. The number of H-pyrrole nitrogens is 1. The third-order valence-corrected chi connectivity index (χ3v) is 2.73. The monoisotopic (exact) mass is 278 g/mol. The van der Waals surface area contributed by atoms with E-state index in [0.717, 1.165) is 9.99 Å². The Morgan fingerprint density at radius 3 is 2.94 bits per heavy atom. The molecule has 1 N–H and O–H groups in total. The standard InChI is InChI=1S/C11H7BrN2O2/c1-16-11(15)8-2-7(12)3-9-10(8)6(4-13)5-14-9/h2-3,5,14H,1H3. The highest BCUT2D eigenvalue weighted by atomic mass is 79.9. The highest BCUT2D eigenvalue weighted by Crippen LogP contribution is 2.27. The molecule has 2 rings (SSSR count). The molecule has 0 spiro atoms. The van der Waals surface area contributed by atoms with Crippen LogP contribution in [0.2, 0.25) is 0 Å². The Morgan fingerprint density at radius 1 is 1.56 bits per heavy atom. The third kappa shape index (κ3) is 1.57. The highest BCUT2D eigenvalue weighted by molar-refractivity contribution is 9.10. The van der Waals surface area contributed by atoms with E-state index in [2.05, 4.69) is 25.7 Å². The first-order valence-electron chi connectivity index (χ1n) is 4.46. The van der Waals surface area contributed by atoms with Gasteiger partial charge in [0, 0.05) is 21.6 Å². The SMILES string of the molecule is COC(=O)c1cc(Br)cc2[nH]cc(C#N)c12. The lowest BCUT2D eigenvalue weighted by atomic mass is 10.1. The van der Waals surface area contributed by atoms with Gasteiger partial charge in [0.2, 0.25) is 0 Å². The molecule has 1 heterocycles. The Morgan fingerprint density at radius 2 is 2.31 bits per heavy atom. The Balaban J connectivity index is 2.84. The topological polar surface area (TPSA) is 65.9 Å². The van der Waals surface area contributed by atoms with Crippen LogP contribution in [-0.2, 0) is 4.74 Å². The first-order valence-corrected chi connectivity index (χ1v) is 5.25. The molecule has 1 aromatic carbocycles. The molecule has 2 aromatic rings. The lowest BCUT2D eigenvalue weighted by molar-refractivity contribution is 0.0603. The summed E-state index contributed by atoms with van der Waals surface area (Å²) in [5, 5.41) is 9.53. The Labute approximate surface area is 100.0 Å². The van der Waals surface area contributed by atoms with Crippen LogP contribution in [-0.4, -0.2) is 18.1 Å². The molecular formula is C11H7BrN2O2. The molecule has 0 radical (unpaired) electrons. The van der Waals surface area contributed by atoms with E-state index >= 15 is 0 Å². The summed E-state index contributed by atoms with van der Waals surface area (Å²) in [4.78, 5) is 14.5. The number of ether oxygens (including phenoxy) is 1. The molecule has 0 aliphatic rings. The number of aromatic nitrogens is 1. The molecule has 0 amide bonds. The maximum atomic E-state index is 11.6. The molecule has 0 saturated heterocycles. The van der Waals surface area contributed by atoms with Gasteiger partial charge in [0.05, 0.1) is 18.2 Å². The van der Waals surface area contributed by atoms with Crippen molar-refractivity contribution >= 4 is 32.8 Å². The molecule has 0 bridgehead atoms. The molecule has 80 valence electrons. The first kappa shape index (κ1) is 10.7. The largest absolute Gasteiger partial charge is 0.465 e. The molecule has 0 saturated carbocycles. The number of aromatic amines is 1. The minimum atomic E-state index is -0.456. The van der Waals surface area contributed by atoms with Crippen LogP contribution >= 0.6 is 15.9 Å². The van der Waals surface area contributed by atoms with E-state index in [-0.39, 0.29) is 0 Å². The molecule has 0 fully saturated rings. The number of halogens is 1. The van der Waals surface area contributed by atoms with Crippen molar-refractivity contribution in [2.75, 3.05) is 7.11 Å². The second kappa shape index (κ2) is 3.99. The molecule has 5 heteroatoms. The quantitative estimate of drug-likeness (QED) is 0.816. The van der Waals surface area contributed by atoms with Crippen LogP contribution in [0, 0.1) is 11.3 Å². The number of hydrogen-bond donors (Lipinski definition) is 1. The minimum Gasteiger partial charge on any atom is -0.465 e. The van der Waals surface area contributed by atoms with Gasteiger partial charge in [0.15, 0.2) is 0 Å². The predicted molar refractivity (Wildman–Crippen MR) is 62.1 cm³/mol. The average molecular weight is 279 g/mol. The summed E-state index contributed by atoms with van der Waals surface area (Å²) < 4.78 is 5.44. The number of esters is 1. The zero-order valence-corrected chi connectivity index (χ0v) is 9.96. The van der Waals surface area contributed by atoms with Crippen LogP contribution < -0.4 is 0 Å². The normalized spacial score (nSPS) is 10.1. The number of nitriles is 1. The van der Waals surface area contributed by atoms with Gasteiger partial charge in [-0.3, -0.25) is 0 Å². The van der Waals surface area contributed by atoms with Gasteiger partial charge in [-0.15, -0.1) is 0 Å². The van der Waals surface area contributed by atoms with Crippen molar-refractivity contribution in [1.82, 2.24) is 4.98 Å². The second-order valence-electron chi connectivity index (χ2n) is 3.18. The predicted octanol–water partition coefficient (Wildman–Crippen LogP) is 2.59. The zero-order valence-electron chi connectivity index (χ0n) is 8.37. The molecule has 16 heavy (non-hydrogen) atoms. The van der Waals surface area contributed by atoms with Gasteiger partial charge < -0.3 is 9.72 Å². The molecule has 4 nitrogen and oxygen atoms in total. The molecule has 0 aliphatic carbocycles. The van der Waals surface area contributed by atoms with Crippen molar-refractivity contribution in [2.24, 2.45) is 0 Å². The van der Waals surface area contributed by atoms with Gasteiger partial charge in [-0.05, 0) is 12.1 Å². The molecule has 0 unspecified atom stereocenters. The maximum absolute atomic E-state index is 11.6. The highest BCUT2D eigenvalue weighted by Gasteiger charge is 2.15. The summed E-state index contributed by atoms with van der Waals surface area (Å²) in [6.45, 7) is 0. The van der Waals surface area contributed by atoms with E-state index in [9.17, 15) is 4.79 Å². The van der Waals surface area contributed by atoms with E-state index < -0.39 is 5.97 Å². The number of benzene rings is 1. The Bertz CT molecular complexity index is 610. The van der Waals surface area contributed by atoms with Crippen molar-refractivity contribution in [3.63, 3.8) is 0 Å². The van der Waals surface area contributed by atoms with Crippen molar-refractivity contribution in [3.8, 4) is 6.07 Å². The van der Waals surface area contributed by atoms with Gasteiger partial charge in [-0.25, -0.2) is 4.79 Å². The fourth-order valence-electron chi connectivity index (χ4n) is 1.59. The van der Waals surface area contributed by atoms with Gasteiger partial charge in [0.1, 0.15) is 6.07 Å². The summed E-state index contributed by atoms with van der Waals surface area (Å²) in [5.41, 5.74) is 1.54. The number of fused-ring (bicyclic) bond motifs is 1. The van der Waals surface area contributed by atoms with Crippen molar-refractivity contribution < 1.29 is 9.53 Å². The summed E-state index contributed by atoms with van der Waals surface area (Å²) in [6, 6.07) is 5.48. The minimum absolute atomic E-state index is 0.379. The van der Waals surface area contributed by atoms with Crippen molar-refractivity contribution in [3.05, 3.63) is 33.9 Å². The third-order valence-electron chi connectivity index (χ3n) is 2.27. The number of carbonyl (C=O) groups excluding carboxylic acids is 1. The zero-order chi connectivity index (χ0) is 11.7. The maximum Gasteiger partial charge on any atom is 0.338 e. The molecule has 0 aliphatic heterocycles. The van der Waals surface area contributed by atoms with Crippen LogP contribution in [0.1, 0.15) is 15.9 Å². The van der Waals surface area contributed by atoms with Gasteiger partial charge in [-0.2, -0.15) is 5.26 Å². The number of nitrogens with one attached hydrogen (secondary N) is 1. The lowest BCUT2D eigenvalue weighted by Gasteiger charge is -2.02. The van der Waals surface area contributed by atoms with Crippen LogP contribution in [0.5, 0.6) is 0 Å². The summed E-state index contributed by atoms with van der Waals surface area (Å²) in [7, 11) is 1.31.